The van der Waals surface area contributed by atoms with E-state index in [1.807, 2.05) is 6.92 Å². The van der Waals surface area contributed by atoms with Crippen molar-refractivity contribution in [1.82, 2.24) is 4.90 Å². The Balaban J connectivity index is 2.06. The summed E-state index contributed by atoms with van der Waals surface area (Å²) < 4.78 is 29.4. The van der Waals surface area contributed by atoms with Gasteiger partial charge >= 0.3 is 0 Å². The first-order chi connectivity index (χ1) is 8.51. The number of rotatable bonds is 4. The maximum absolute atomic E-state index is 12.1. The standard InChI is InChI=1S/C13H19NO3S/c1-3-14-9-8-12(10-14)17-18(15,16)13-6-4-11(2)5-7-13/h4-7,12H,3,8-10H2,1-2H3/t12-/m1/s1. The molecule has 1 saturated heterocycles. The molecule has 1 aliphatic rings. The smallest absolute Gasteiger partial charge is 0.297 e. The largest absolute Gasteiger partial charge is 0.301 e. The molecule has 100 valence electrons. The highest BCUT2D eigenvalue weighted by Gasteiger charge is 2.27. The number of likely N-dealkylation sites (N-methyl/N-ethyl adjacent to an activating group) is 1. The minimum absolute atomic E-state index is 0.212. The van der Waals surface area contributed by atoms with Gasteiger partial charge in [0, 0.05) is 13.1 Å². The van der Waals surface area contributed by atoms with Gasteiger partial charge in [0.15, 0.2) is 0 Å². The second-order valence-corrected chi connectivity index (χ2v) is 6.24. The normalized spacial score (nSPS) is 21.3. The number of aryl methyl sites for hydroxylation is 1. The number of benzene rings is 1. The number of hydrogen-bond donors (Lipinski definition) is 0. The molecule has 1 aromatic carbocycles. The van der Waals surface area contributed by atoms with Crippen molar-refractivity contribution in [2.75, 3.05) is 19.6 Å². The zero-order valence-corrected chi connectivity index (χ0v) is 11.6. The van der Waals surface area contributed by atoms with Gasteiger partial charge in [0.05, 0.1) is 11.0 Å². The Morgan fingerprint density at radius 3 is 2.56 bits per heavy atom. The van der Waals surface area contributed by atoms with E-state index in [9.17, 15) is 8.42 Å². The van der Waals surface area contributed by atoms with Crippen molar-refractivity contribution in [3.8, 4) is 0 Å². The van der Waals surface area contributed by atoms with Crippen LogP contribution in [0.3, 0.4) is 0 Å². The molecular formula is C13H19NO3S. The third-order valence-corrected chi connectivity index (χ3v) is 4.62. The highest BCUT2D eigenvalue weighted by molar-refractivity contribution is 7.86. The first kappa shape index (κ1) is 13.5. The first-order valence-corrected chi connectivity index (χ1v) is 7.64. The lowest BCUT2D eigenvalue weighted by Gasteiger charge is -2.13. The predicted octanol–water partition coefficient (Wildman–Crippen LogP) is 1.79. The lowest BCUT2D eigenvalue weighted by molar-refractivity contribution is 0.209. The maximum Gasteiger partial charge on any atom is 0.297 e. The molecule has 0 unspecified atom stereocenters. The van der Waals surface area contributed by atoms with E-state index >= 15 is 0 Å². The van der Waals surface area contributed by atoms with E-state index in [0.29, 0.717) is 6.54 Å². The fourth-order valence-electron chi connectivity index (χ4n) is 2.10. The molecule has 0 radical (unpaired) electrons. The average Bonchev–Trinajstić information content (AvgIpc) is 2.76. The Morgan fingerprint density at radius 2 is 2.00 bits per heavy atom. The summed E-state index contributed by atoms with van der Waals surface area (Å²) in [5, 5.41) is 0. The molecule has 5 heteroatoms. The zero-order valence-electron chi connectivity index (χ0n) is 10.8. The van der Waals surface area contributed by atoms with Crippen molar-refractivity contribution < 1.29 is 12.6 Å². The van der Waals surface area contributed by atoms with E-state index in [1.54, 1.807) is 24.3 Å². The van der Waals surface area contributed by atoms with Gasteiger partial charge in [-0.2, -0.15) is 8.42 Å². The van der Waals surface area contributed by atoms with Gasteiger partial charge in [0.25, 0.3) is 10.1 Å². The molecule has 18 heavy (non-hydrogen) atoms. The fraction of sp³-hybridized carbons (Fsp3) is 0.538. The SMILES string of the molecule is CCN1CC[C@@H](OS(=O)(=O)c2ccc(C)cc2)C1. The number of hydrogen-bond acceptors (Lipinski definition) is 4. The van der Waals surface area contributed by atoms with Crippen LogP contribution in [-0.2, 0) is 14.3 Å². The Kier molecular flexibility index (Phi) is 4.04. The summed E-state index contributed by atoms with van der Waals surface area (Å²) in [5.41, 5.74) is 1.03. The molecule has 1 heterocycles. The van der Waals surface area contributed by atoms with Crippen LogP contribution >= 0.6 is 0 Å². The highest BCUT2D eigenvalue weighted by Crippen LogP contribution is 2.20. The van der Waals surface area contributed by atoms with E-state index in [2.05, 4.69) is 11.8 Å². The van der Waals surface area contributed by atoms with Gasteiger partial charge in [-0.25, -0.2) is 0 Å². The molecular weight excluding hydrogens is 250 g/mol. The van der Waals surface area contributed by atoms with E-state index in [0.717, 1.165) is 25.1 Å². The molecule has 1 aromatic rings. The van der Waals surface area contributed by atoms with Gasteiger partial charge in [-0.05, 0) is 32.0 Å². The van der Waals surface area contributed by atoms with Crippen molar-refractivity contribution in [2.45, 2.75) is 31.3 Å². The van der Waals surface area contributed by atoms with Crippen LogP contribution in [0.25, 0.3) is 0 Å². The molecule has 1 aliphatic heterocycles. The molecule has 0 aliphatic carbocycles. The maximum atomic E-state index is 12.1. The monoisotopic (exact) mass is 269 g/mol. The summed E-state index contributed by atoms with van der Waals surface area (Å²) in [6.45, 7) is 6.53. The van der Waals surface area contributed by atoms with E-state index in [-0.39, 0.29) is 11.0 Å². The highest BCUT2D eigenvalue weighted by atomic mass is 32.2. The van der Waals surface area contributed by atoms with Crippen molar-refractivity contribution in [3.05, 3.63) is 29.8 Å². The van der Waals surface area contributed by atoms with Crippen molar-refractivity contribution in [3.63, 3.8) is 0 Å². The van der Waals surface area contributed by atoms with Gasteiger partial charge in [-0.15, -0.1) is 0 Å². The summed E-state index contributed by atoms with van der Waals surface area (Å²) in [6, 6.07) is 6.75. The average molecular weight is 269 g/mol. The predicted molar refractivity (Wildman–Crippen MR) is 70.0 cm³/mol. The summed E-state index contributed by atoms with van der Waals surface area (Å²) in [7, 11) is -3.62. The summed E-state index contributed by atoms with van der Waals surface area (Å²) in [4.78, 5) is 2.43. The Labute approximate surface area is 109 Å². The van der Waals surface area contributed by atoms with Crippen LogP contribution in [0.15, 0.2) is 29.2 Å². The quantitative estimate of drug-likeness (QED) is 0.782. The van der Waals surface area contributed by atoms with E-state index < -0.39 is 10.1 Å². The Bertz CT molecular complexity index is 495. The van der Waals surface area contributed by atoms with Gasteiger partial charge in [0.2, 0.25) is 0 Å². The van der Waals surface area contributed by atoms with E-state index in [4.69, 9.17) is 4.18 Å². The van der Waals surface area contributed by atoms with Crippen molar-refractivity contribution in [2.24, 2.45) is 0 Å². The zero-order chi connectivity index (χ0) is 13.2. The summed E-state index contributed by atoms with van der Waals surface area (Å²) >= 11 is 0. The van der Waals surface area contributed by atoms with Crippen LogP contribution in [0.1, 0.15) is 18.9 Å². The molecule has 0 saturated carbocycles. The van der Waals surface area contributed by atoms with Crippen molar-refractivity contribution >= 4 is 10.1 Å². The van der Waals surface area contributed by atoms with Crippen LogP contribution in [0.5, 0.6) is 0 Å². The van der Waals surface area contributed by atoms with Crippen LogP contribution in [0.2, 0.25) is 0 Å². The Morgan fingerprint density at radius 1 is 1.33 bits per heavy atom. The third-order valence-electron chi connectivity index (χ3n) is 3.25. The fourth-order valence-corrected chi connectivity index (χ4v) is 3.20. The van der Waals surface area contributed by atoms with Crippen LogP contribution in [0, 0.1) is 6.92 Å². The summed E-state index contributed by atoms with van der Waals surface area (Å²) in [6.07, 6.45) is 0.565. The second-order valence-electron chi connectivity index (χ2n) is 4.67. The van der Waals surface area contributed by atoms with Gasteiger partial charge < -0.3 is 4.90 Å². The molecule has 0 aromatic heterocycles. The van der Waals surface area contributed by atoms with Gasteiger partial charge in [0.1, 0.15) is 0 Å². The molecule has 1 fully saturated rings. The van der Waals surface area contributed by atoms with Crippen LogP contribution in [-0.4, -0.2) is 39.1 Å². The number of likely N-dealkylation sites (tertiary alicyclic amines) is 1. The molecule has 0 amide bonds. The minimum atomic E-state index is -3.62. The lowest BCUT2D eigenvalue weighted by Crippen LogP contribution is -2.24. The first-order valence-electron chi connectivity index (χ1n) is 6.23. The topological polar surface area (TPSA) is 46.6 Å². The van der Waals surface area contributed by atoms with Gasteiger partial charge in [-0.3, -0.25) is 4.18 Å². The van der Waals surface area contributed by atoms with E-state index in [1.165, 1.54) is 0 Å². The lowest BCUT2D eigenvalue weighted by atomic mass is 10.2. The van der Waals surface area contributed by atoms with Crippen LogP contribution < -0.4 is 0 Å². The molecule has 1 atom stereocenters. The molecule has 2 rings (SSSR count). The molecule has 0 bridgehead atoms. The third kappa shape index (κ3) is 3.10. The van der Waals surface area contributed by atoms with Crippen molar-refractivity contribution in [1.29, 1.82) is 0 Å². The van der Waals surface area contributed by atoms with Gasteiger partial charge in [-0.1, -0.05) is 24.6 Å². The number of nitrogens with zero attached hydrogens (tertiary/aromatic N) is 1. The van der Waals surface area contributed by atoms with Crippen LogP contribution in [0.4, 0.5) is 0 Å². The molecule has 4 nitrogen and oxygen atoms in total. The Hall–Kier alpha value is -0.910. The summed E-state index contributed by atoms with van der Waals surface area (Å²) in [5.74, 6) is 0. The molecule has 0 spiro atoms. The second kappa shape index (κ2) is 5.38. The molecule has 0 N–H and O–H groups in total. The minimum Gasteiger partial charge on any atom is -0.301 e.